The lowest BCUT2D eigenvalue weighted by Gasteiger charge is -2.05. The smallest absolute Gasteiger partial charge is 0.183 e. The molecule has 26 heavy (non-hydrogen) atoms. The first kappa shape index (κ1) is 16.1. The third-order valence-corrected chi connectivity index (χ3v) is 3.87. The van der Waals surface area contributed by atoms with Crippen molar-refractivity contribution >= 4 is 40.2 Å². The van der Waals surface area contributed by atoms with Crippen molar-refractivity contribution < 1.29 is 8.78 Å². The summed E-state index contributed by atoms with van der Waals surface area (Å²) in [5, 5.41) is 2.56. The standard InChI is InChI=1S/C15H9ClF2N8/c16-11-7(18)2-1-6(17)10(11)13-25-12-14(22-5-23-15(12)26-13)24-9-3-8(19)20-4-21-9/h1-5H,(H4,19,20,21,22,23,24,25,26). The molecule has 0 saturated heterocycles. The molecule has 8 nitrogen and oxygen atoms in total. The summed E-state index contributed by atoms with van der Waals surface area (Å²) in [5.74, 6) is -0.478. The molecule has 0 atom stereocenters. The third-order valence-electron chi connectivity index (χ3n) is 3.50. The van der Waals surface area contributed by atoms with Gasteiger partial charge in [-0.3, -0.25) is 0 Å². The summed E-state index contributed by atoms with van der Waals surface area (Å²) in [4.78, 5) is 23.0. The summed E-state index contributed by atoms with van der Waals surface area (Å²) < 4.78 is 27.8. The molecule has 0 aliphatic heterocycles. The molecule has 0 radical (unpaired) electrons. The maximum atomic E-state index is 14.1. The lowest BCUT2D eigenvalue weighted by Crippen LogP contribution is -2.00. The number of anilines is 3. The van der Waals surface area contributed by atoms with Crippen molar-refractivity contribution in [2.75, 3.05) is 11.1 Å². The largest absolute Gasteiger partial charge is 0.384 e. The number of nitrogen functional groups attached to an aromatic ring is 1. The van der Waals surface area contributed by atoms with Gasteiger partial charge in [0.05, 0.1) is 10.6 Å². The number of aromatic nitrogens is 6. The Kier molecular flexibility index (Phi) is 3.81. The molecule has 3 aromatic heterocycles. The normalized spacial score (nSPS) is 11.0. The lowest BCUT2D eigenvalue weighted by molar-refractivity contribution is 0.602. The fourth-order valence-corrected chi connectivity index (χ4v) is 2.59. The SMILES string of the molecule is Nc1cc(Nc2ncnc3nc(-c4c(F)ccc(F)c4Cl)[nH]c23)ncn1. The number of imidazole rings is 1. The van der Waals surface area contributed by atoms with Crippen molar-refractivity contribution in [3.8, 4) is 11.4 Å². The van der Waals surface area contributed by atoms with E-state index in [4.69, 9.17) is 17.3 Å². The molecule has 0 aliphatic rings. The second-order valence-electron chi connectivity index (χ2n) is 5.18. The maximum Gasteiger partial charge on any atom is 0.183 e. The van der Waals surface area contributed by atoms with Gasteiger partial charge in [-0.15, -0.1) is 0 Å². The summed E-state index contributed by atoms with van der Waals surface area (Å²) in [6.45, 7) is 0. The van der Waals surface area contributed by atoms with Crippen molar-refractivity contribution in [3.63, 3.8) is 0 Å². The minimum absolute atomic E-state index is 0.0211. The van der Waals surface area contributed by atoms with Gasteiger partial charge >= 0.3 is 0 Å². The van der Waals surface area contributed by atoms with Gasteiger partial charge < -0.3 is 16.0 Å². The van der Waals surface area contributed by atoms with E-state index in [1.165, 1.54) is 18.7 Å². The molecule has 4 aromatic rings. The van der Waals surface area contributed by atoms with Crippen LogP contribution in [0.3, 0.4) is 0 Å². The first-order valence-electron chi connectivity index (χ1n) is 7.22. The van der Waals surface area contributed by atoms with Gasteiger partial charge in [-0.2, -0.15) is 0 Å². The molecule has 1 aromatic carbocycles. The van der Waals surface area contributed by atoms with Crippen LogP contribution >= 0.6 is 11.6 Å². The minimum Gasteiger partial charge on any atom is -0.384 e. The lowest BCUT2D eigenvalue weighted by atomic mass is 10.2. The Morgan fingerprint density at radius 2 is 1.81 bits per heavy atom. The number of fused-ring (bicyclic) bond motifs is 1. The van der Waals surface area contributed by atoms with Crippen molar-refractivity contribution in [1.29, 1.82) is 0 Å². The van der Waals surface area contributed by atoms with Crippen LogP contribution in [0.15, 0.2) is 30.9 Å². The van der Waals surface area contributed by atoms with Crippen LogP contribution in [0.5, 0.6) is 0 Å². The number of hydrogen-bond acceptors (Lipinski definition) is 7. The summed E-state index contributed by atoms with van der Waals surface area (Å²) in [7, 11) is 0. The minimum atomic E-state index is -0.760. The first-order valence-corrected chi connectivity index (χ1v) is 7.60. The van der Waals surface area contributed by atoms with Gasteiger partial charge in [0.25, 0.3) is 0 Å². The molecular weight excluding hydrogens is 366 g/mol. The Hall–Kier alpha value is -3.40. The van der Waals surface area contributed by atoms with Crippen molar-refractivity contribution in [2.45, 2.75) is 0 Å². The molecule has 0 unspecified atom stereocenters. The molecule has 0 bridgehead atoms. The van der Waals surface area contributed by atoms with Crippen molar-refractivity contribution in [3.05, 3.63) is 47.5 Å². The van der Waals surface area contributed by atoms with Crippen LogP contribution < -0.4 is 11.1 Å². The number of nitrogens with zero attached hydrogens (tertiary/aromatic N) is 5. The summed E-state index contributed by atoms with van der Waals surface area (Å²) in [6, 6.07) is 3.42. The second kappa shape index (κ2) is 6.15. The molecule has 4 rings (SSSR count). The summed E-state index contributed by atoms with van der Waals surface area (Å²) in [5.41, 5.74) is 6.02. The first-order chi connectivity index (χ1) is 12.5. The van der Waals surface area contributed by atoms with Crippen molar-refractivity contribution in [2.24, 2.45) is 0 Å². The molecule has 130 valence electrons. The fourth-order valence-electron chi connectivity index (χ4n) is 2.35. The zero-order valence-electron chi connectivity index (χ0n) is 12.8. The van der Waals surface area contributed by atoms with E-state index >= 15 is 0 Å². The number of rotatable bonds is 3. The highest BCUT2D eigenvalue weighted by Crippen LogP contribution is 2.33. The zero-order valence-corrected chi connectivity index (χ0v) is 13.6. The van der Waals surface area contributed by atoms with Crippen LogP contribution in [0.25, 0.3) is 22.6 Å². The van der Waals surface area contributed by atoms with Crippen LogP contribution in [0.1, 0.15) is 0 Å². The molecule has 11 heteroatoms. The van der Waals surface area contributed by atoms with Gasteiger partial charge in [0.15, 0.2) is 11.5 Å². The van der Waals surface area contributed by atoms with Crippen LogP contribution in [0.4, 0.5) is 26.2 Å². The quantitative estimate of drug-likeness (QED) is 0.471. The van der Waals surface area contributed by atoms with Gasteiger partial charge in [0.2, 0.25) is 0 Å². The van der Waals surface area contributed by atoms with E-state index in [9.17, 15) is 8.78 Å². The molecule has 4 N–H and O–H groups in total. The Morgan fingerprint density at radius 1 is 1.04 bits per heavy atom. The average Bonchev–Trinajstić information content (AvgIpc) is 3.03. The molecule has 0 saturated carbocycles. The van der Waals surface area contributed by atoms with Gasteiger partial charge in [0.1, 0.15) is 47.3 Å². The molecule has 0 spiro atoms. The van der Waals surface area contributed by atoms with E-state index in [-0.39, 0.29) is 27.9 Å². The number of halogens is 3. The van der Waals surface area contributed by atoms with Crippen LogP contribution in [-0.2, 0) is 0 Å². The molecular formula is C15H9ClF2N8. The molecule has 0 fully saturated rings. The number of hydrogen-bond donors (Lipinski definition) is 3. The Bertz CT molecular complexity index is 1130. The van der Waals surface area contributed by atoms with E-state index in [0.29, 0.717) is 17.2 Å². The van der Waals surface area contributed by atoms with E-state index in [0.717, 1.165) is 12.1 Å². The highest BCUT2D eigenvalue weighted by molar-refractivity contribution is 6.33. The fraction of sp³-hybridized carbons (Fsp3) is 0. The van der Waals surface area contributed by atoms with Crippen LogP contribution in [-0.4, -0.2) is 29.9 Å². The van der Waals surface area contributed by atoms with Gasteiger partial charge in [-0.1, -0.05) is 11.6 Å². The van der Waals surface area contributed by atoms with E-state index in [2.05, 4.69) is 35.2 Å². The predicted octanol–water partition coefficient (Wildman–Crippen LogP) is 3.07. The van der Waals surface area contributed by atoms with E-state index in [1.807, 2.05) is 0 Å². The Balaban J connectivity index is 1.83. The topological polar surface area (TPSA) is 118 Å². The van der Waals surface area contributed by atoms with Gasteiger partial charge in [-0.05, 0) is 12.1 Å². The van der Waals surface area contributed by atoms with Crippen LogP contribution in [0.2, 0.25) is 5.02 Å². The van der Waals surface area contributed by atoms with E-state index in [1.54, 1.807) is 0 Å². The second-order valence-corrected chi connectivity index (χ2v) is 5.56. The van der Waals surface area contributed by atoms with E-state index < -0.39 is 11.6 Å². The Labute approximate surface area is 149 Å². The number of H-pyrrole nitrogens is 1. The zero-order chi connectivity index (χ0) is 18.3. The summed E-state index contributed by atoms with van der Waals surface area (Å²) >= 11 is 5.89. The molecule has 0 amide bonds. The number of benzene rings is 1. The van der Waals surface area contributed by atoms with Crippen LogP contribution in [0, 0.1) is 11.6 Å². The molecule has 0 aliphatic carbocycles. The third kappa shape index (κ3) is 2.75. The monoisotopic (exact) mass is 374 g/mol. The Morgan fingerprint density at radius 3 is 2.62 bits per heavy atom. The number of nitrogens with one attached hydrogen (secondary N) is 2. The van der Waals surface area contributed by atoms with Gasteiger partial charge in [-0.25, -0.2) is 33.7 Å². The van der Waals surface area contributed by atoms with Gasteiger partial charge in [0, 0.05) is 6.07 Å². The summed E-state index contributed by atoms with van der Waals surface area (Å²) in [6.07, 6.45) is 2.56. The number of aromatic amines is 1. The predicted molar refractivity (Wildman–Crippen MR) is 91.8 cm³/mol. The highest BCUT2D eigenvalue weighted by atomic mass is 35.5. The maximum absolute atomic E-state index is 14.1. The average molecular weight is 375 g/mol. The molecule has 3 heterocycles. The van der Waals surface area contributed by atoms with Crippen molar-refractivity contribution in [1.82, 2.24) is 29.9 Å². The number of nitrogens with two attached hydrogens (primary N) is 1. The highest BCUT2D eigenvalue weighted by Gasteiger charge is 2.19.